The predicted molar refractivity (Wildman–Crippen MR) is 101 cm³/mol. The zero-order chi connectivity index (χ0) is 18.2. The highest BCUT2D eigenvalue weighted by atomic mass is 16.5. The molecule has 0 bridgehead atoms. The van der Waals surface area contributed by atoms with E-state index in [9.17, 15) is 4.79 Å². The van der Waals surface area contributed by atoms with Gasteiger partial charge in [0.15, 0.2) is 0 Å². The summed E-state index contributed by atoms with van der Waals surface area (Å²) in [7, 11) is 3.61. The number of rotatable bonds is 8. The van der Waals surface area contributed by atoms with Crippen molar-refractivity contribution in [2.75, 3.05) is 45.4 Å². The highest BCUT2D eigenvalue weighted by Gasteiger charge is 2.25. The highest BCUT2D eigenvalue weighted by Crippen LogP contribution is 2.24. The van der Waals surface area contributed by atoms with Crippen LogP contribution in [0.25, 0.3) is 0 Å². The average molecular weight is 348 g/mol. The molecule has 1 aliphatic heterocycles. The lowest BCUT2D eigenvalue weighted by atomic mass is 10.0. The van der Waals surface area contributed by atoms with Crippen LogP contribution in [-0.4, -0.2) is 57.3 Å². The predicted octanol–water partition coefficient (Wildman–Crippen LogP) is 3.19. The zero-order valence-electron chi connectivity index (χ0n) is 16.0. The number of benzene rings is 1. The van der Waals surface area contributed by atoms with Crippen LogP contribution in [0.15, 0.2) is 24.3 Å². The van der Waals surface area contributed by atoms with Crippen LogP contribution in [0.5, 0.6) is 5.75 Å². The number of hydrogen-bond acceptors (Lipinski definition) is 4. The number of anilines is 1. The summed E-state index contributed by atoms with van der Waals surface area (Å²) in [6.07, 6.45) is 2.48. The summed E-state index contributed by atoms with van der Waals surface area (Å²) >= 11 is 0. The van der Waals surface area contributed by atoms with E-state index in [4.69, 9.17) is 9.47 Å². The summed E-state index contributed by atoms with van der Waals surface area (Å²) in [5.74, 6) is 1.57. The van der Waals surface area contributed by atoms with E-state index in [0.29, 0.717) is 25.0 Å². The van der Waals surface area contributed by atoms with Crippen molar-refractivity contribution in [2.45, 2.75) is 39.2 Å². The van der Waals surface area contributed by atoms with Gasteiger partial charge in [0.1, 0.15) is 5.75 Å². The summed E-state index contributed by atoms with van der Waals surface area (Å²) in [5.41, 5.74) is 1.22. The lowest BCUT2D eigenvalue weighted by Gasteiger charge is -2.38. The maximum absolute atomic E-state index is 12.3. The van der Waals surface area contributed by atoms with Gasteiger partial charge in [-0.2, -0.15) is 0 Å². The number of carbonyl (C=O) groups excluding carboxylic acids is 1. The minimum absolute atomic E-state index is 0.187. The summed E-state index contributed by atoms with van der Waals surface area (Å²) < 4.78 is 10.7. The Morgan fingerprint density at radius 1 is 1.24 bits per heavy atom. The first kappa shape index (κ1) is 19.6. The molecular formula is C20H32N2O3. The Kier molecular flexibility index (Phi) is 7.56. The van der Waals surface area contributed by atoms with Crippen LogP contribution < -0.4 is 9.64 Å². The summed E-state index contributed by atoms with van der Waals surface area (Å²) in [4.78, 5) is 16.6. The van der Waals surface area contributed by atoms with Crippen molar-refractivity contribution in [1.82, 2.24) is 4.90 Å². The van der Waals surface area contributed by atoms with Crippen molar-refractivity contribution in [1.29, 1.82) is 0 Å². The second kappa shape index (κ2) is 9.66. The van der Waals surface area contributed by atoms with Gasteiger partial charge in [-0.25, -0.2) is 0 Å². The number of hydrogen-bond donors (Lipinski definition) is 0. The first-order valence-corrected chi connectivity index (χ1v) is 9.23. The molecule has 0 N–H and O–H groups in total. The molecule has 5 nitrogen and oxygen atoms in total. The first-order valence-electron chi connectivity index (χ1n) is 9.23. The monoisotopic (exact) mass is 348 g/mol. The van der Waals surface area contributed by atoms with Crippen LogP contribution in [0, 0.1) is 5.92 Å². The molecule has 0 spiro atoms. The van der Waals surface area contributed by atoms with Gasteiger partial charge in [-0.15, -0.1) is 0 Å². The van der Waals surface area contributed by atoms with Crippen molar-refractivity contribution < 1.29 is 14.3 Å². The molecule has 1 heterocycles. The number of piperidine rings is 1. The van der Waals surface area contributed by atoms with E-state index in [2.05, 4.69) is 30.9 Å². The fourth-order valence-corrected chi connectivity index (χ4v) is 3.16. The number of methoxy groups -OCH3 is 1. The molecule has 0 unspecified atom stereocenters. The third kappa shape index (κ3) is 5.92. The Hall–Kier alpha value is -1.75. The van der Waals surface area contributed by atoms with E-state index < -0.39 is 0 Å². The van der Waals surface area contributed by atoms with Crippen LogP contribution in [0.3, 0.4) is 0 Å². The first-order chi connectivity index (χ1) is 12.0. The topological polar surface area (TPSA) is 42.0 Å². The van der Waals surface area contributed by atoms with Crippen molar-refractivity contribution in [3.8, 4) is 5.75 Å². The lowest BCUT2D eigenvalue weighted by molar-refractivity contribution is -0.133. The summed E-state index contributed by atoms with van der Waals surface area (Å²) in [6.45, 7) is 7.41. The smallest absolute Gasteiger partial charge is 0.224 e. The van der Waals surface area contributed by atoms with Gasteiger partial charge in [-0.3, -0.25) is 4.79 Å². The van der Waals surface area contributed by atoms with E-state index in [-0.39, 0.29) is 5.91 Å². The molecule has 1 aromatic carbocycles. The Morgan fingerprint density at radius 2 is 1.88 bits per heavy atom. The molecule has 0 radical (unpaired) electrons. The minimum Gasteiger partial charge on any atom is -0.497 e. The molecule has 0 aliphatic carbocycles. The maximum Gasteiger partial charge on any atom is 0.224 e. The molecule has 0 aromatic heterocycles. The molecule has 2 rings (SSSR count). The van der Waals surface area contributed by atoms with Crippen LogP contribution in [0.2, 0.25) is 0 Å². The molecule has 0 atom stereocenters. The van der Waals surface area contributed by atoms with Gasteiger partial charge >= 0.3 is 0 Å². The lowest BCUT2D eigenvalue weighted by Crippen LogP contribution is -2.45. The molecule has 1 amide bonds. The second-order valence-corrected chi connectivity index (χ2v) is 7.14. The van der Waals surface area contributed by atoms with E-state index in [1.165, 1.54) is 5.69 Å². The normalized spacial score (nSPS) is 15.5. The van der Waals surface area contributed by atoms with E-state index in [1.54, 1.807) is 7.11 Å². The molecule has 5 heteroatoms. The molecule has 25 heavy (non-hydrogen) atoms. The van der Waals surface area contributed by atoms with E-state index in [0.717, 1.165) is 38.3 Å². The second-order valence-electron chi connectivity index (χ2n) is 7.14. The Labute approximate surface area is 151 Å². The number of carbonyl (C=O) groups is 1. The Balaban J connectivity index is 1.75. The van der Waals surface area contributed by atoms with Gasteiger partial charge in [-0.1, -0.05) is 13.8 Å². The molecular weight excluding hydrogens is 316 g/mol. The Morgan fingerprint density at radius 3 is 2.44 bits per heavy atom. The van der Waals surface area contributed by atoms with Crippen LogP contribution in [-0.2, 0) is 9.53 Å². The number of nitrogens with zero attached hydrogens (tertiary/aromatic N) is 2. The molecule has 140 valence electrons. The SMILES string of the molecule is COc1ccc(N2CCC(N(C)C(=O)CCOCC(C)C)CC2)cc1. The molecule has 1 fully saturated rings. The van der Waals surface area contributed by atoms with Crippen molar-refractivity contribution in [3.05, 3.63) is 24.3 Å². The van der Waals surface area contributed by atoms with Gasteiger partial charge in [0, 0.05) is 38.5 Å². The highest BCUT2D eigenvalue weighted by molar-refractivity contribution is 5.76. The third-order valence-electron chi connectivity index (χ3n) is 4.75. The van der Waals surface area contributed by atoms with Gasteiger partial charge in [-0.05, 0) is 43.0 Å². The van der Waals surface area contributed by atoms with Crippen molar-refractivity contribution >= 4 is 11.6 Å². The minimum atomic E-state index is 0.187. The van der Waals surface area contributed by atoms with Gasteiger partial charge in [0.2, 0.25) is 5.91 Å². The maximum atomic E-state index is 12.3. The number of ether oxygens (including phenoxy) is 2. The van der Waals surface area contributed by atoms with Crippen molar-refractivity contribution in [2.24, 2.45) is 5.92 Å². The fourth-order valence-electron chi connectivity index (χ4n) is 3.16. The average Bonchev–Trinajstić information content (AvgIpc) is 2.64. The molecule has 1 aromatic rings. The molecule has 1 aliphatic rings. The van der Waals surface area contributed by atoms with E-state index >= 15 is 0 Å². The van der Waals surface area contributed by atoms with Crippen molar-refractivity contribution in [3.63, 3.8) is 0 Å². The molecule has 0 saturated carbocycles. The fraction of sp³-hybridized carbons (Fsp3) is 0.650. The van der Waals surface area contributed by atoms with Crippen LogP contribution >= 0.6 is 0 Å². The molecule has 1 saturated heterocycles. The zero-order valence-corrected chi connectivity index (χ0v) is 16.0. The quantitative estimate of drug-likeness (QED) is 0.677. The van der Waals surface area contributed by atoms with Crippen LogP contribution in [0.4, 0.5) is 5.69 Å². The Bertz CT molecular complexity index is 522. The van der Waals surface area contributed by atoms with E-state index in [1.807, 2.05) is 24.1 Å². The largest absolute Gasteiger partial charge is 0.497 e. The summed E-state index contributed by atoms with van der Waals surface area (Å²) in [5, 5.41) is 0. The van der Waals surface area contributed by atoms with Gasteiger partial charge in [0.05, 0.1) is 20.1 Å². The van der Waals surface area contributed by atoms with Gasteiger partial charge in [0.25, 0.3) is 0 Å². The van der Waals surface area contributed by atoms with Gasteiger partial charge < -0.3 is 19.3 Å². The number of amides is 1. The third-order valence-corrected chi connectivity index (χ3v) is 4.75. The standard InChI is InChI=1S/C20H32N2O3/c1-16(2)15-25-14-11-20(23)21(3)17-9-12-22(13-10-17)18-5-7-19(24-4)8-6-18/h5-8,16-17H,9-15H2,1-4H3. The summed E-state index contributed by atoms with van der Waals surface area (Å²) in [6, 6.07) is 8.51. The van der Waals surface area contributed by atoms with Crippen LogP contribution in [0.1, 0.15) is 33.1 Å².